The van der Waals surface area contributed by atoms with Crippen LogP contribution in [0.15, 0.2) is 47.5 Å². The van der Waals surface area contributed by atoms with E-state index >= 15 is 0 Å². The number of benzene rings is 1. The van der Waals surface area contributed by atoms with Gasteiger partial charge in [-0.05, 0) is 30.3 Å². The number of rotatable bonds is 3. The third kappa shape index (κ3) is 2.81. The van der Waals surface area contributed by atoms with Crippen LogP contribution in [0.3, 0.4) is 0 Å². The van der Waals surface area contributed by atoms with E-state index in [4.69, 9.17) is 11.0 Å². The molecule has 96 valence electrons. The molecule has 0 saturated heterocycles. The van der Waals surface area contributed by atoms with Crippen LogP contribution < -0.4 is 10.5 Å². The summed E-state index contributed by atoms with van der Waals surface area (Å²) in [5.41, 5.74) is 6.18. The second-order valence-corrected chi connectivity index (χ2v) is 5.34. The summed E-state index contributed by atoms with van der Waals surface area (Å²) in [4.78, 5) is 3.55. The van der Waals surface area contributed by atoms with E-state index in [1.807, 2.05) is 0 Å². The van der Waals surface area contributed by atoms with Crippen molar-refractivity contribution < 1.29 is 8.42 Å². The molecule has 0 amide bonds. The summed E-state index contributed by atoms with van der Waals surface area (Å²) < 4.78 is 26.7. The molecule has 0 atom stereocenters. The molecular weight excluding hydrogens is 264 g/mol. The number of sulfonamides is 1. The molecule has 1 heterocycles. The van der Waals surface area contributed by atoms with Crippen LogP contribution in [0.5, 0.6) is 0 Å². The summed E-state index contributed by atoms with van der Waals surface area (Å²) in [6, 6.07) is 10.8. The SMILES string of the molecule is N#Cc1ncccc1S(=O)(=O)Nc1cccc(N)c1. The van der Waals surface area contributed by atoms with E-state index in [9.17, 15) is 8.42 Å². The van der Waals surface area contributed by atoms with Crippen LogP contribution in [0, 0.1) is 11.3 Å². The Balaban J connectivity index is 2.41. The molecule has 1 aromatic carbocycles. The number of nitrogens with one attached hydrogen (secondary N) is 1. The molecule has 0 fully saturated rings. The van der Waals surface area contributed by atoms with Gasteiger partial charge < -0.3 is 5.73 Å². The van der Waals surface area contributed by atoms with Crippen molar-refractivity contribution in [3.63, 3.8) is 0 Å². The molecule has 3 N–H and O–H groups in total. The standard InChI is InChI=1S/C12H10N4O2S/c13-8-11-12(5-2-6-15-11)19(17,18)16-10-4-1-3-9(14)7-10/h1-7,16H,14H2. The molecule has 0 spiro atoms. The third-order valence-electron chi connectivity index (χ3n) is 2.30. The van der Waals surface area contributed by atoms with Crippen molar-refractivity contribution in [2.24, 2.45) is 0 Å². The lowest BCUT2D eigenvalue weighted by atomic mass is 10.3. The van der Waals surface area contributed by atoms with E-state index in [0.29, 0.717) is 11.4 Å². The zero-order valence-corrected chi connectivity index (χ0v) is 10.6. The van der Waals surface area contributed by atoms with E-state index in [2.05, 4.69) is 9.71 Å². The van der Waals surface area contributed by atoms with E-state index in [1.165, 1.54) is 24.4 Å². The molecule has 0 unspecified atom stereocenters. The van der Waals surface area contributed by atoms with Crippen molar-refractivity contribution in [2.45, 2.75) is 4.90 Å². The Morgan fingerprint density at radius 3 is 2.74 bits per heavy atom. The van der Waals surface area contributed by atoms with E-state index in [-0.39, 0.29) is 10.6 Å². The molecule has 2 aromatic rings. The van der Waals surface area contributed by atoms with Gasteiger partial charge in [0.1, 0.15) is 11.0 Å². The lowest BCUT2D eigenvalue weighted by Crippen LogP contribution is -2.15. The molecule has 0 bridgehead atoms. The lowest BCUT2D eigenvalue weighted by Gasteiger charge is -2.09. The number of nitriles is 1. The summed E-state index contributed by atoms with van der Waals surface area (Å²) in [5, 5.41) is 8.87. The Hall–Kier alpha value is -2.59. The molecule has 0 aliphatic rings. The summed E-state index contributed by atoms with van der Waals surface area (Å²) in [5.74, 6) is 0. The number of nitrogen functional groups attached to an aromatic ring is 1. The Kier molecular flexibility index (Phi) is 3.35. The molecule has 0 saturated carbocycles. The quantitative estimate of drug-likeness (QED) is 0.821. The summed E-state index contributed by atoms with van der Waals surface area (Å²) >= 11 is 0. The van der Waals surface area contributed by atoms with Gasteiger partial charge in [0, 0.05) is 11.9 Å². The van der Waals surface area contributed by atoms with Gasteiger partial charge in [0.25, 0.3) is 10.0 Å². The predicted molar refractivity (Wildman–Crippen MR) is 70.6 cm³/mol. The first-order valence-electron chi connectivity index (χ1n) is 5.26. The second-order valence-electron chi connectivity index (χ2n) is 3.69. The van der Waals surface area contributed by atoms with Crippen LogP contribution in [0.25, 0.3) is 0 Å². The first-order valence-corrected chi connectivity index (χ1v) is 6.75. The highest BCUT2D eigenvalue weighted by Crippen LogP contribution is 2.19. The highest BCUT2D eigenvalue weighted by atomic mass is 32.2. The smallest absolute Gasteiger partial charge is 0.264 e. The monoisotopic (exact) mass is 274 g/mol. The fourth-order valence-electron chi connectivity index (χ4n) is 1.50. The maximum atomic E-state index is 12.1. The molecule has 7 heteroatoms. The molecule has 0 radical (unpaired) electrons. The summed E-state index contributed by atoms with van der Waals surface area (Å²) in [7, 11) is -3.86. The van der Waals surface area contributed by atoms with Crippen molar-refractivity contribution in [2.75, 3.05) is 10.5 Å². The fourth-order valence-corrected chi connectivity index (χ4v) is 2.66. The maximum absolute atomic E-state index is 12.1. The Morgan fingerprint density at radius 1 is 1.26 bits per heavy atom. The first kappa shape index (κ1) is 12.9. The molecular formula is C12H10N4O2S. The number of nitrogens with zero attached hydrogens (tertiary/aromatic N) is 2. The van der Waals surface area contributed by atoms with Gasteiger partial charge in [-0.2, -0.15) is 5.26 Å². The van der Waals surface area contributed by atoms with Gasteiger partial charge in [-0.1, -0.05) is 6.07 Å². The predicted octanol–water partition coefficient (Wildman–Crippen LogP) is 1.34. The minimum atomic E-state index is -3.86. The van der Waals surface area contributed by atoms with E-state index < -0.39 is 10.0 Å². The second kappa shape index (κ2) is 4.96. The minimum Gasteiger partial charge on any atom is -0.399 e. The van der Waals surface area contributed by atoms with Gasteiger partial charge >= 0.3 is 0 Å². The number of nitrogens with two attached hydrogens (primary N) is 1. The van der Waals surface area contributed by atoms with Crippen molar-refractivity contribution in [3.8, 4) is 6.07 Å². The lowest BCUT2D eigenvalue weighted by molar-refractivity contribution is 0.600. The van der Waals surface area contributed by atoms with Crippen molar-refractivity contribution in [3.05, 3.63) is 48.3 Å². The average molecular weight is 274 g/mol. The Bertz CT molecular complexity index is 750. The van der Waals surface area contributed by atoms with E-state index in [0.717, 1.165) is 0 Å². The summed E-state index contributed by atoms with van der Waals surface area (Å²) in [6.07, 6.45) is 1.36. The zero-order valence-electron chi connectivity index (χ0n) is 9.74. The number of hydrogen-bond donors (Lipinski definition) is 2. The summed E-state index contributed by atoms with van der Waals surface area (Å²) in [6.45, 7) is 0. The maximum Gasteiger partial charge on any atom is 0.264 e. The van der Waals surface area contributed by atoms with Gasteiger partial charge in [-0.15, -0.1) is 0 Å². The van der Waals surface area contributed by atoms with Crippen LogP contribution in [0.2, 0.25) is 0 Å². The van der Waals surface area contributed by atoms with Crippen molar-refractivity contribution >= 4 is 21.4 Å². The Labute approximate surface area is 110 Å². The van der Waals surface area contributed by atoms with Crippen molar-refractivity contribution in [1.82, 2.24) is 4.98 Å². The molecule has 1 aromatic heterocycles. The number of pyridine rings is 1. The average Bonchev–Trinajstić information content (AvgIpc) is 2.38. The van der Waals surface area contributed by atoms with Gasteiger partial charge in [0.05, 0.1) is 5.69 Å². The molecule has 2 rings (SSSR count). The van der Waals surface area contributed by atoms with Crippen LogP contribution in [-0.4, -0.2) is 13.4 Å². The van der Waals surface area contributed by atoms with Crippen LogP contribution in [0.4, 0.5) is 11.4 Å². The largest absolute Gasteiger partial charge is 0.399 e. The number of aromatic nitrogens is 1. The topological polar surface area (TPSA) is 109 Å². The highest BCUT2D eigenvalue weighted by Gasteiger charge is 2.19. The Morgan fingerprint density at radius 2 is 2.05 bits per heavy atom. The fraction of sp³-hybridized carbons (Fsp3) is 0. The molecule has 19 heavy (non-hydrogen) atoms. The van der Waals surface area contributed by atoms with E-state index in [1.54, 1.807) is 24.3 Å². The minimum absolute atomic E-state index is 0.154. The third-order valence-corrected chi connectivity index (χ3v) is 3.72. The van der Waals surface area contributed by atoms with Gasteiger partial charge in [-0.3, -0.25) is 4.72 Å². The van der Waals surface area contributed by atoms with Gasteiger partial charge in [0.2, 0.25) is 0 Å². The number of hydrogen-bond acceptors (Lipinski definition) is 5. The van der Waals surface area contributed by atoms with Gasteiger partial charge in [-0.25, -0.2) is 13.4 Å². The molecule has 0 aliphatic carbocycles. The molecule has 6 nitrogen and oxygen atoms in total. The number of anilines is 2. The van der Waals surface area contributed by atoms with Crippen LogP contribution in [-0.2, 0) is 10.0 Å². The molecule has 0 aliphatic heterocycles. The van der Waals surface area contributed by atoms with Crippen molar-refractivity contribution in [1.29, 1.82) is 5.26 Å². The highest BCUT2D eigenvalue weighted by molar-refractivity contribution is 7.92. The van der Waals surface area contributed by atoms with Gasteiger partial charge in [0.15, 0.2) is 5.69 Å². The zero-order chi connectivity index (χ0) is 13.9. The first-order chi connectivity index (χ1) is 9.03. The van der Waals surface area contributed by atoms with Crippen LogP contribution in [0.1, 0.15) is 5.69 Å². The van der Waals surface area contributed by atoms with Crippen LogP contribution >= 0.6 is 0 Å². The normalized spacial score (nSPS) is 10.7.